The minimum atomic E-state index is -0.300. The van der Waals surface area contributed by atoms with Crippen molar-refractivity contribution >= 4 is 28.7 Å². The van der Waals surface area contributed by atoms with E-state index in [1.54, 1.807) is 36.4 Å². The molecule has 3 nitrogen and oxygen atoms in total. The number of hydrogen-bond donors (Lipinski definition) is 2. The van der Waals surface area contributed by atoms with Gasteiger partial charge >= 0.3 is 0 Å². The Bertz CT molecular complexity index is 632. The lowest BCUT2D eigenvalue weighted by Crippen LogP contribution is -2.19. The highest BCUT2D eigenvalue weighted by atomic mass is 32.1. The van der Waals surface area contributed by atoms with Crippen LogP contribution in [-0.2, 0) is 0 Å². The van der Waals surface area contributed by atoms with Crippen molar-refractivity contribution in [2.45, 2.75) is 0 Å². The molecular formula is C14H10FN3S. The summed E-state index contributed by atoms with van der Waals surface area (Å²) < 4.78 is 12.7. The summed E-state index contributed by atoms with van der Waals surface area (Å²) in [6.45, 7) is 0. The Morgan fingerprint density at radius 2 is 1.74 bits per heavy atom. The zero-order valence-electron chi connectivity index (χ0n) is 9.85. The first-order valence-corrected chi connectivity index (χ1v) is 5.92. The molecule has 0 spiro atoms. The standard InChI is InChI=1S/C14H10FN3S/c15-11-4-6-12(7-5-11)17-14(19)18-13-3-1-2-10(8-13)9-16/h1-8H,(H2,17,18,19). The average molecular weight is 271 g/mol. The van der Waals surface area contributed by atoms with E-state index in [-0.39, 0.29) is 5.82 Å². The van der Waals surface area contributed by atoms with Gasteiger partial charge in [0.05, 0.1) is 11.6 Å². The molecule has 2 aromatic rings. The van der Waals surface area contributed by atoms with Crippen LogP contribution in [0, 0.1) is 17.1 Å². The van der Waals surface area contributed by atoms with E-state index >= 15 is 0 Å². The number of anilines is 2. The zero-order chi connectivity index (χ0) is 13.7. The normalized spacial score (nSPS) is 9.47. The molecule has 0 bridgehead atoms. The number of thiocarbonyl (C=S) groups is 1. The molecule has 0 saturated carbocycles. The molecule has 0 radical (unpaired) electrons. The van der Waals surface area contributed by atoms with Crippen LogP contribution in [0.1, 0.15) is 5.56 Å². The Morgan fingerprint density at radius 3 is 2.42 bits per heavy atom. The smallest absolute Gasteiger partial charge is 0.175 e. The Balaban J connectivity index is 2.01. The van der Waals surface area contributed by atoms with Gasteiger partial charge in [-0.1, -0.05) is 6.07 Å². The van der Waals surface area contributed by atoms with Crippen molar-refractivity contribution in [2.75, 3.05) is 10.6 Å². The van der Waals surface area contributed by atoms with Gasteiger partial charge in [0.2, 0.25) is 0 Å². The summed E-state index contributed by atoms with van der Waals surface area (Å²) in [5.41, 5.74) is 1.96. The van der Waals surface area contributed by atoms with Crippen LogP contribution in [-0.4, -0.2) is 5.11 Å². The van der Waals surface area contributed by atoms with Crippen molar-refractivity contribution in [3.05, 3.63) is 59.9 Å². The van der Waals surface area contributed by atoms with Crippen molar-refractivity contribution in [1.82, 2.24) is 0 Å². The van der Waals surface area contributed by atoms with Gasteiger partial charge in [0.15, 0.2) is 5.11 Å². The summed E-state index contributed by atoms with van der Waals surface area (Å²) in [6, 6.07) is 14.9. The van der Waals surface area contributed by atoms with E-state index in [0.29, 0.717) is 16.4 Å². The molecular weight excluding hydrogens is 261 g/mol. The van der Waals surface area contributed by atoms with Crippen molar-refractivity contribution in [1.29, 1.82) is 5.26 Å². The number of nitriles is 1. The maximum absolute atomic E-state index is 12.7. The molecule has 0 aliphatic heterocycles. The topological polar surface area (TPSA) is 47.9 Å². The monoisotopic (exact) mass is 271 g/mol. The molecule has 0 amide bonds. The lowest BCUT2D eigenvalue weighted by molar-refractivity contribution is 0.628. The zero-order valence-corrected chi connectivity index (χ0v) is 10.7. The van der Waals surface area contributed by atoms with Crippen molar-refractivity contribution in [2.24, 2.45) is 0 Å². The van der Waals surface area contributed by atoms with E-state index in [1.807, 2.05) is 0 Å². The molecule has 2 N–H and O–H groups in total. The summed E-state index contributed by atoms with van der Waals surface area (Å²) in [4.78, 5) is 0. The lowest BCUT2D eigenvalue weighted by Gasteiger charge is -2.10. The van der Waals surface area contributed by atoms with Crippen LogP contribution >= 0.6 is 12.2 Å². The van der Waals surface area contributed by atoms with Gasteiger partial charge in [-0.3, -0.25) is 0 Å². The molecule has 2 aromatic carbocycles. The molecule has 0 heterocycles. The van der Waals surface area contributed by atoms with Crippen LogP contribution < -0.4 is 10.6 Å². The fourth-order valence-corrected chi connectivity index (χ4v) is 1.73. The maximum atomic E-state index is 12.7. The van der Waals surface area contributed by atoms with E-state index in [2.05, 4.69) is 16.7 Å². The van der Waals surface area contributed by atoms with Gasteiger partial charge in [-0.15, -0.1) is 0 Å². The molecule has 0 unspecified atom stereocenters. The van der Waals surface area contributed by atoms with Crippen LogP contribution in [0.5, 0.6) is 0 Å². The van der Waals surface area contributed by atoms with Gasteiger partial charge < -0.3 is 10.6 Å². The Hall–Kier alpha value is -2.45. The quantitative estimate of drug-likeness (QED) is 0.821. The molecule has 0 aromatic heterocycles. The SMILES string of the molecule is N#Cc1cccc(NC(=S)Nc2ccc(F)cc2)c1. The highest BCUT2D eigenvalue weighted by molar-refractivity contribution is 7.80. The third-order valence-corrected chi connectivity index (χ3v) is 2.56. The molecule has 0 aliphatic rings. The van der Waals surface area contributed by atoms with Crippen LogP contribution in [0.3, 0.4) is 0 Å². The number of rotatable bonds is 2. The first-order valence-electron chi connectivity index (χ1n) is 5.51. The third kappa shape index (κ3) is 3.76. The van der Waals surface area contributed by atoms with Crippen LogP contribution in [0.25, 0.3) is 0 Å². The summed E-state index contributed by atoms with van der Waals surface area (Å²) in [5.74, 6) is -0.300. The average Bonchev–Trinajstić information content (AvgIpc) is 2.41. The Labute approximate surface area is 115 Å². The number of nitrogens with one attached hydrogen (secondary N) is 2. The Morgan fingerprint density at radius 1 is 1.05 bits per heavy atom. The summed E-state index contributed by atoms with van der Waals surface area (Å²) >= 11 is 5.13. The molecule has 19 heavy (non-hydrogen) atoms. The summed E-state index contributed by atoms with van der Waals surface area (Å²) in [5, 5.41) is 15.1. The van der Waals surface area contributed by atoms with Gasteiger partial charge in [-0.2, -0.15) is 5.26 Å². The van der Waals surface area contributed by atoms with Gasteiger partial charge in [0.1, 0.15) is 5.82 Å². The predicted molar refractivity (Wildman–Crippen MR) is 77.4 cm³/mol. The number of nitrogens with zero attached hydrogens (tertiary/aromatic N) is 1. The molecule has 5 heteroatoms. The second-order valence-electron chi connectivity index (χ2n) is 3.78. The number of halogens is 1. The largest absolute Gasteiger partial charge is 0.332 e. The van der Waals surface area contributed by atoms with Crippen LogP contribution in [0.4, 0.5) is 15.8 Å². The summed E-state index contributed by atoms with van der Waals surface area (Å²) in [6.07, 6.45) is 0. The van der Waals surface area contributed by atoms with Crippen molar-refractivity contribution in [3.63, 3.8) is 0 Å². The first-order chi connectivity index (χ1) is 9.17. The fourth-order valence-electron chi connectivity index (χ4n) is 1.49. The van der Waals surface area contributed by atoms with E-state index < -0.39 is 0 Å². The number of benzene rings is 2. The molecule has 2 rings (SSSR count). The lowest BCUT2D eigenvalue weighted by atomic mass is 10.2. The molecule has 94 valence electrons. The van der Waals surface area contributed by atoms with Crippen molar-refractivity contribution in [3.8, 4) is 6.07 Å². The van der Waals surface area contributed by atoms with Gasteiger partial charge in [0, 0.05) is 11.4 Å². The minimum absolute atomic E-state index is 0.300. The van der Waals surface area contributed by atoms with Gasteiger partial charge in [-0.05, 0) is 54.7 Å². The number of hydrogen-bond acceptors (Lipinski definition) is 2. The summed E-state index contributed by atoms with van der Waals surface area (Å²) in [7, 11) is 0. The maximum Gasteiger partial charge on any atom is 0.175 e. The minimum Gasteiger partial charge on any atom is -0.332 e. The van der Waals surface area contributed by atoms with E-state index in [9.17, 15) is 4.39 Å². The van der Waals surface area contributed by atoms with E-state index in [0.717, 1.165) is 5.69 Å². The van der Waals surface area contributed by atoms with Gasteiger partial charge in [0.25, 0.3) is 0 Å². The second-order valence-corrected chi connectivity index (χ2v) is 4.19. The Kier molecular flexibility index (Phi) is 4.06. The highest BCUT2D eigenvalue weighted by Crippen LogP contribution is 2.12. The second kappa shape index (κ2) is 5.94. The fraction of sp³-hybridized carbons (Fsp3) is 0. The van der Waals surface area contributed by atoms with E-state index in [1.165, 1.54) is 12.1 Å². The molecule has 0 fully saturated rings. The van der Waals surface area contributed by atoms with Gasteiger partial charge in [-0.25, -0.2) is 4.39 Å². The molecule has 0 aliphatic carbocycles. The molecule has 0 saturated heterocycles. The predicted octanol–water partition coefficient (Wildman–Crippen LogP) is 3.51. The van der Waals surface area contributed by atoms with Crippen LogP contribution in [0.2, 0.25) is 0 Å². The first kappa shape index (κ1) is 13.0. The third-order valence-electron chi connectivity index (χ3n) is 2.35. The molecule has 0 atom stereocenters. The van der Waals surface area contributed by atoms with Crippen LogP contribution in [0.15, 0.2) is 48.5 Å². The van der Waals surface area contributed by atoms with Crippen molar-refractivity contribution < 1.29 is 4.39 Å². The highest BCUT2D eigenvalue weighted by Gasteiger charge is 2.00. The van der Waals surface area contributed by atoms with E-state index in [4.69, 9.17) is 17.5 Å².